The maximum Gasteiger partial charge on any atom is 0.428 e. The van der Waals surface area contributed by atoms with Gasteiger partial charge < -0.3 is 5.11 Å². The fourth-order valence-electron chi connectivity index (χ4n) is 1.01. The molecule has 0 saturated heterocycles. The van der Waals surface area contributed by atoms with Crippen molar-refractivity contribution in [3.63, 3.8) is 0 Å². The number of rotatable bonds is 3. The molecule has 2 N–H and O–H groups in total. The molecule has 1 amide bonds. The smallest absolute Gasteiger partial charge is 0.428 e. The largest absolute Gasteiger partial charge is 0.464 e. The van der Waals surface area contributed by atoms with E-state index in [0.29, 0.717) is 0 Å². The molecule has 0 bridgehead atoms. The van der Waals surface area contributed by atoms with Gasteiger partial charge in [0, 0.05) is 24.8 Å². The van der Waals surface area contributed by atoms with Gasteiger partial charge in [-0.3, -0.25) is 14.8 Å². The third-order valence-electron chi connectivity index (χ3n) is 1.72. The van der Waals surface area contributed by atoms with Crippen LogP contribution in [0.15, 0.2) is 55.1 Å². The quantitative estimate of drug-likeness (QED) is 0.809. The molecule has 6 nitrogen and oxygen atoms in total. The van der Waals surface area contributed by atoms with E-state index in [1.165, 1.54) is 0 Å². The molecule has 1 aromatic heterocycles. The summed E-state index contributed by atoms with van der Waals surface area (Å²) in [5, 5.41) is 8.16. The van der Waals surface area contributed by atoms with Crippen LogP contribution in [0.5, 0.6) is 0 Å². The number of aromatic nitrogens is 2. The third-order valence-corrected chi connectivity index (χ3v) is 1.72. The van der Waals surface area contributed by atoms with Gasteiger partial charge in [0.1, 0.15) is 0 Å². The van der Waals surface area contributed by atoms with Gasteiger partial charge in [0.15, 0.2) is 0 Å². The number of amides is 1. The zero-order valence-electron chi connectivity index (χ0n) is 9.56. The fourth-order valence-corrected chi connectivity index (χ4v) is 1.01. The minimum Gasteiger partial charge on any atom is -0.464 e. The van der Waals surface area contributed by atoms with Crippen molar-refractivity contribution < 1.29 is 14.7 Å². The highest BCUT2D eigenvalue weighted by atomic mass is 16.7. The van der Waals surface area contributed by atoms with Gasteiger partial charge in [0.2, 0.25) is 0 Å². The predicted molar refractivity (Wildman–Crippen MR) is 64.4 cm³/mol. The van der Waals surface area contributed by atoms with E-state index in [1.54, 1.807) is 24.8 Å². The van der Waals surface area contributed by atoms with Gasteiger partial charge in [0.05, 0.1) is 6.61 Å². The van der Waals surface area contributed by atoms with Crippen LogP contribution in [-0.2, 0) is 11.4 Å². The summed E-state index contributed by atoms with van der Waals surface area (Å²) in [6, 6.07) is 9.31. The number of hydrogen-bond acceptors (Lipinski definition) is 4. The number of carbonyl (C=O) groups is 1. The molecule has 0 aliphatic heterocycles. The lowest BCUT2D eigenvalue weighted by atomic mass is 10.2. The molecule has 0 spiro atoms. The van der Waals surface area contributed by atoms with E-state index in [9.17, 15) is 4.79 Å². The average molecular weight is 247 g/mol. The van der Waals surface area contributed by atoms with Crippen LogP contribution in [0.1, 0.15) is 5.56 Å². The lowest BCUT2D eigenvalue weighted by Gasteiger charge is -2.01. The van der Waals surface area contributed by atoms with Crippen molar-refractivity contribution in [2.24, 2.45) is 0 Å². The number of carboxylic acid groups (broad SMARTS) is 1. The number of nitrogens with one attached hydrogen (secondary N) is 1. The maximum atomic E-state index is 9.95. The normalized spacial score (nSPS) is 8.89. The minimum atomic E-state index is -1.19. The van der Waals surface area contributed by atoms with Gasteiger partial charge in [-0.1, -0.05) is 30.3 Å². The van der Waals surface area contributed by atoms with Gasteiger partial charge >= 0.3 is 6.09 Å². The first-order valence-corrected chi connectivity index (χ1v) is 5.13. The van der Waals surface area contributed by atoms with Crippen molar-refractivity contribution in [2.75, 3.05) is 0 Å². The van der Waals surface area contributed by atoms with Gasteiger partial charge in [-0.05, 0) is 5.56 Å². The maximum absolute atomic E-state index is 9.95. The molecule has 2 rings (SSSR count). The van der Waals surface area contributed by atoms with E-state index in [2.05, 4.69) is 14.8 Å². The first-order chi connectivity index (χ1) is 8.79. The second kappa shape index (κ2) is 8.66. The van der Waals surface area contributed by atoms with Gasteiger partial charge in [-0.2, -0.15) is 5.48 Å². The third kappa shape index (κ3) is 6.91. The summed E-state index contributed by atoms with van der Waals surface area (Å²) < 4.78 is 0. The zero-order valence-corrected chi connectivity index (χ0v) is 9.56. The Hall–Kier alpha value is -2.47. The highest BCUT2D eigenvalue weighted by Gasteiger charge is 1.94. The molecule has 18 heavy (non-hydrogen) atoms. The lowest BCUT2D eigenvalue weighted by molar-refractivity contribution is 0.0315. The van der Waals surface area contributed by atoms with Crippen molar-refractivity contribution in [1.29, 1.82) is 0 Å². The van der Waals surface area contributed by atoms with Crippen LogP contribution in [0, 0.1) is 0 Å². The molecule has 0 radical (unpaired) electrons. The minimum absolute atomic E-state index is 0.243. The standard InChI is InChI=1S/C8H9NO3.C4H4N2/c10-8(11)9-12-6-7-4-2-1-3-5-7;1-2-6-4-3-5-1/h1-5,9H,6H2,(H,10,11);1-4H. The summed E-state index contributed by atoms with van der Waals surface area (Å²) in [5.74, 6) is 0. The Balaban J connectivity index is 0.000000225. The van der Waals surface area contributed by atoms with Gasteiger partial charge in [-0.25, -0.2) is 4.79 Å². The van der Waals surface area contributed by atoms with Crippen molar-refractivity contribution >= 4 is 6.09 Å². The lowest BCUT2D eigenvalue weighted by Crippen LogP contribution is -2.20. The van der Waals surface area contributed by atoms with Crippen molar-refractivity contribution in [2.45, 2.75) is 6.61 Å². The van der Waals surface area contributed by atoms with Gasteiger partial charge in [0.25, 0.3) is 0 Å². The molecule has 0 aliphatic carbocycles. The molecule has 1 aromatic carbocycles. The van der Waals surface area contributed by atoms with Crippen molar-refractivity contribution in [3.8, 4) is 0 Å². The van der Waals surface area contributed by atoms with E-state index < -0.39 is 6.09 Å². The number of benzene rings is 1. The van der Waals surface area contributed by atoms with Crippen LogP contribution in [0.3, 0.4) is 0 Å². The molecule has 94 valence electrons. The summed E-state index contributed by atoms with van der Waals surface area (Å²) in [7, 11) is 0. The number of hydrogen-bond donors (Lipinski definition) is 2. The van der Waals surface area contributed by atoms with Crippen LogP contribution in [0.4, 0.5) is 4.79 Å². The summed E-state index contributed by atoms with van der Waals surface area (Å²) in [5.41, 5.74) is 2.73. The second-order valence-electron chi connectivity index (χ2n) is 3.08. The van der Waals surface area contributed by atoms with Crippen LogP contribution in [0.25, 0.3) is 0 Å². The monoisotopic (exact) mass is 247 g/mol. The highest BCUT2D eigenvalue weighted by Crippen LogP contribution is 1.98. The Morgan fingerprint density at radius 3 is 2.11 bits per heavy atom. The van der Waals surface area contributed by atoms with E-state index >= 15 is 0 Å². The Morgan fingerprint density at radius 1 is 1.11 bits per heavy atom. The second-order valence-corrected chi connectivity index (χ2v) is 3.08. The summed E-state index contributed by atoms with van der Waals surface area (Å²) in [6.07, 6.45) is 5.37. The first kappa shape index (κ1) is 13.6. The predicted octanol–water partition coefficient (Wildman–Crippen LogP) is 1.86. The van der Waals surface area contributed by atoms with E-state index in [1.807, 2.05) is 35.8 Å². The van der Waals surface area contributed by atoms with Crippen LogP contribution < -0.4 is 5.48 Å². The first-order valence-electron chi connectivity index (χ1n) is 5.13. The van der Waals surface area contributed by atoms with Crippen molar-refractivity contribution in [1.82, 2.24) is 15.4 Å². The van der Waals surface area contributed by atoms with Crippen molar-refractivity contribution in [3.05, 3.63) is 60.7 Å². The van der Waals surface area contributed by atoms with Crippen LogP contribution >= 0.6 is 0 Å². The van der Waals surface area contributed by atoms with E-state index in [0.717, 1.165) is 5.56 Å². The molecular formula is C12H13N3O3. The van der Waals surface area contributed by atoms with Gasteiger partial charge in [-0.15, -0.1) is 0 Å². The van der Waals surface area contributed by atoms with E-state index in [4.69, 9.17) is 5.11 Å². The Kier molecular flexibility index (Phi) is 6.54. The number of nitrogens with zero attached hydrogens (tertiary/aromatic N) is 2. The molecule has 2 aromatic rings. The molecule has 0 unspecified atom stereocenters. The van der Waals surface area contributed by atoms with Crippen LogP contribution in [0.2, 0.25) is 0 Å². The summed E-state index contributed by atoms with van der Waals surface area (Å²) in [6.45, 7) is 0.243. The Labute approximate surface area is 104 Å². The molecule has 0 fully saturated rings. The fraction of sp³-hybridized carbons (Fsp3) is 0.0833. The summed E-state index contributed by atoms with van der Waals surface area (Å²) in [4.78, 5) is 22.0. The number of hydroxylamine groups is 1. The Morgan fingerprint density at radius 2 is 1.67 bits per heavy atom. The van der Waals surface area contributed by atoms with E-state index in [-0.39, 0.29) is 6.61 Å². The summed E-state index contributed by atoms with van der Waals surface area (Å²) >= 11 is 0. The van der Waals surface area contributed by atoms with Crippen LogP contribution in [-0.4, -0.2) is 21.2 Å². The average Bonchev–Trinajstić information content (AvgIpc) is 2.42. The molecule has 1 heterocycles. The Bertz CT molecular complexity index is 410. The molecular weight excluding hydrogens is 234 g/mol. The zero-order chi connectivity index (χ0) is 13.1. The topological polar surface area (TPSA) is 84.3 Å². The molecule has 0 saturated carbocycles. The molecule has 0 atom stereocenters. The highest BCUT2D eigenvalue weighted by molar-refractivity contribution is 5.62. The SMILES string of the molecule is O=C(O)NOCc1ccccc1.c1cnccn1. The molecule has 0 aliphatic rings. The molecule has 6 heteroatoms.